The minimum absolute atomic E-state index is 0.509. The van der Waals surface area contributed by atoms with Crippen molar-refractivity contribution in [3.8, 4) is 17.6 Å². The van der Waals surface area contributed by atoms with Crippen LogP contribution >= 0.6 is 0 Å². The van der Waals surface area contributed by atoms with Crippen LogP contribution < -0.4 is 20.1 Å². The highest BCUT2D eigenvalue weighted by Crippen LogP contribution is 2.30. The highest BCUT2D eigenvalue weighted by atomic mass is 16.5. The molecule has 0 saturated heterocycles. The summed E-state index contributed by atoms with van der Waals surface area (Å²) in [6, 6.07) is 15.2. The Morgan fingerprint density at radius 2 is 1.88 bits per heavy atom. The Bertz CT molecular complexity index is 779. The summed E-state index contributed by atoms with van der Waals surface area (Å²) in [5, 5.41) is 15.3. The number of nitrogens with zero attached hydrogens (tertiary/aromatic N) is 2. The van der Waals surface area contributed by atoms with Crippen molar-refractivity contribution in [1.29, 1.82) is 5.26 Å². The summed E-state index contributed by atoms with van der Waals surface area (Å²) >= 11 is 0. The summed E-state index contributed by atoms with van der Waals surface area (Å²) < 4.78 is 10.9. The maximum atomic E-state index is 8.86. The average molecular weight is 352 g/mol. The molecule has 0 aliphatic rings. The first kappa shape index (κ1) is 19.1. The first-order valence-corrected chi connectivity index (χ1v) is 8.55. The van der Waals surface area contributed by atoms with E-state index >= 15 is 0 Å². The second-order valence-electron chi connectivity index (χ2n) is 5.43. The lowest BCUT2D eigenvalue weighted by molar-refractivity contribution is 0.311. The highest BCUT2D eigenvalue weighted by molar-refractivity contribution is 5.93. The molecule has 2 rings (SSSR count). The molecule has 6 nitrogen and oxygen atoms in total. The zero-order chi connectivity index (χ0) is 18.8. The number of rotatable bonds is 7. The summed E-state index contributed by atoms with van der Waals surface area (Å²) in [6.45, 7) is 5.78. The van der Waals surface area contributed by atoms with Crippen LogP contribution in [0.1, 0.15) is 25.0 Å². The Balaban J connectivity index is 2.12. The van der Waals surface area contributed by atoms with Crippen molar-refractivity contribution in [2.75, 3.05) is 25.6 Å². The van der Waals surface area contributed by atoms with E-state index in [1.807, 2.05) is 44.2 Å². The molecule has 136 valence electrons. The molecule has 6 heteroatoms. The van der Waals surface area contributed by atoms with Gasteiger partial charge in [0.05, 0.1) is 31.9 Å². The van der Waals surface area contributed by atoms with Gasteiger partial charge in [-0.2, -0.15) is 5.26 Å². The Kier molecular flexibility index (Phi) is 7.31. The fourth-order valence-electron chi connectivity index (χ4n) is 2.32. The molecule has 0 fully saturated rings. The number of methoxy groups -OCH3 is 1. The van der Waals surface area contributed by atoms with E-state index in [1.54, 1.807) is 19.2 Å². The Morgan fingerprint density at radius 1 is 1.12 bits per heavy atom. The van der Waals surface area contributed by atoms with Gasteiger partial charge in [-0.15, -0.1) is 0 Å². The summed E-state index contributed by atoms with van der Waals surface area (Å²) in [6.07, 6.45) is 0. The van der Waals surface area contributed by atoms with Crippen LogP contribution in [0.5, 0.6) is 11.5 Å². The van der Waals surface area contributed by atoms with E-state index in [4.69, 9.17) is 14.7 Å². The van der Waals surface area contributed by atoms with E-state index in [2.05, 4.69) is 21.7 Å². The molecule has 0 spiro atoms. The summed E-state index contributed by atoms with van der Waals surface area (Å²) in [5.74, 6) is 2.04. The molecule has 2 N–H and O–H groups in total. The van der Waals surface area contributed by atoms with Crippen molar-refractivity contribution in [3.05, 3.63) is 53.6 Å². The fourth-order valence-corrected chi connectivity index (χ4v) is 2.32. The lowest BCUT2D eigenvalue weighted by atomic mass is 10.1. The third kappa shape index (κ3) is 5.42. The highest BCUT2D eigenvalue weighted by Gasteiger charge is 2.07. The average Bonchev–Trinajstić information content (AvgIpc) is 2.68. The lowest BCUT2D eigenvalue weighted by Crippen LogP contribution is -2.30. The van der Waals surface area contributed by atoms with E-state index in [0.717, 1.165) is 17.8 Å². The lowest BCUT2D eigenvalue weighted by Gasteiger charge is -2.14. The number of guanidine groups is 1. The maximum absolute atomic E-state index is 8.86. The number of hydrogen-bond donors (Lipinski definition) is 2. The summed E-state index contributed by atoms with van der Waals surface area (Å²) in [4.78, 5) is 4.59. The zero-order valence-electron chi connectivity index (χ0n) is 15.4. The van der Waals surface area contributed by atoms with E-state index in [-0.39, 0.29) is 0 Å². The molecule has 26 heavy (non-hydrogen) atoms. The first-order chi connectivity index (χ1) is 12.7. The van der Waals surface area contributed by atoms with Gasteiger partial charge in [0.1, 0.15) is 0 Å². The second kappa shape index (κ2) is 9.94. The molecule has 0 saturated carbocycles. The molecule has 0 aliphatic carbocycles. The number of nitrogens with one attached hydrogen (secondary N) is 2. The molecule has 0 atom stereocenters. The van der Waals surface area contributed by atoms with E-state index in [0.29, 0.717) is 36.2 Å². The number of aliphatic imine (C=N–C) groups is 1. The molecule has 0 amide bonds. The quantitative estimate of drug-likeness (QED) is 0.588. The first-order valence-electron chi connectivity index (χ1n) is 8.55. The molecule has 0 unspecified atom stereocenters. The second-order valence-corrected chi connectivity index (χ2v) is 5.43. The van der Waals surface area contributed by atoms with Gasteiger partial charge in [0.15, 0.2) is 17.5 Å². The van der Waals surface area contributed by atoms with Gasteiger partial charge in [0.2, 0.25) is 0 Å². The van der Waals surface area contributed by atoms with Crippen molar-refractivity contribution in [2.24, 2.45) is 4.99 Å². The van der Waals surface area contributed by atoms with Crippen molar-refractivity contribution in [1.82, 2.24) is 5.32 Å². The van der Waals surface area contributed by atoms with E-state index in [1.165, 1.54) is 0 Å². The number of benzene rings is 2. The van der Waals surface area contributed by atoms with Crippen LogP contribution in [-0.4, -0.2) is 26.2 Å². The van der Waals surface area contributed by atoms with E-state index < -0.39 is 0 Å². The van der Waals surface area contributed by atoms with Gasteiger partial charge in [-0.05, 0) is 43.7 Å². The van der Waals surface area contributed by atoms with Crippen molar-refractivity contribution < 1.29 is 9.47 Å². The van der Waals surface area contributed by atoms with Crippen LogP contribution in [0.2, 0.25) is 0 Å². The molecule has 2 aromatic rings. The molecular weight excluding hydrogens is 328 g/mol. The van der Waals surface area contributed by atoms with Crippen LogP contribution in [0.15, 0.2) is 47.5 Å². The minimum atomic E-state index is 0.509. The van der Waals surface area contributed by atoms with Gasteiger partial charge >= 0.3 is 0 Å². The van der Waals surface area contributed by atoms with Crippen molar-refractivity contribution >= 4 is 11.6 Å². The Hall–Kier alpha value is -3.20. The predicted octanol–water partition coefficient (Wildman–Crippen LogP) is 3.54. The standard InChI is InChI=1S/C20H24N4O2/c1-4-22-20(23-14-16-8-6-15(13-21)7-9-16)24-17-10-11-18(26-5-2)19(12-17)25-3/h6-12H,4-5,14H2,1-3H3,(H2,22,23,24). The molecular formula is C20H24N4O2. The monoisotopic (exact) mass is 352 g/mol. The van der Waals surface area contributed by atoms with Gasteiger partial charge in [-0.3, -0.25) is 0 Å². The Labute approximate surface area is 154 Å². The third-order valence-corrected chi connectivity index (χ3v) is 3.57. The van der Waals surface area contributed by atoms with E-state index in [9.17, 15) is 0 Å². The van der Waals surface area contributed by atoms with Crippen LogP contribution in [0.3, 0.4) is 0 Å². The number of nitriles is 1. The van der Waals surface area contributed by atoms with Gasteiger partial charge in [0, 0.05) is 18.3 Å². The fraction of sp³-hybridized carbons (Fsp3) is 0.300. The summed E-state index contributed by atoms with van der Waals surface area (Å²) in [7, 11) is 1.62. The normalized spacial score (nSPS) is 10.8. The van der Waals surface area contributed by atoms with Crippen LogP contribution in [0, 0.1) is 11.3 Å². The number of anilines is 1. The van der Waals surface area contributed by atoms with Gasteiger partial charge in [0.25, 0.3) is 0 Å². The summed E-state index contributed by atoms with van der Waals surface area (Å²) in [5.41, 5.74) is 2.53. The van der Waals surface area contributed by atoms with Crippen molar-refractivity contribution in [3.63, 3.8) is 0 Å². The van der Waals surface area contributed by atoms with Gasteiger partial charge in [-0.1, -0.05) is 12.1 Å². The zero-order valence-corrected chi connectivity index (χ0v) is 15.4. The smallest absolute Gasteiger partial charge is 0.196 e. The minimum Gasteiger partial charge on any atom is -0.493 e. The van der Waals surface area contributed by atoms with Gasteiger partial charge < -0.3 is 20.1 Å². The SMILES string of the molecule is CCNC(=NCc1ccc(C#N)cc1)Nc1ccc(OCC)c(OC)c1. The predicted molar refractivity (Wildman–Crippen MR) is 104 cm³/mol. The van der Waals surface area contributed by atoms with Gasteiger partial charge in [-0.25, -0.2) is 4.99 Å². The van der Waals surface area contributed by atoms with Crippen molar-refractivity contribution in [2.45, 2.75) is 20.4 Å². The van der Waals surface area contributed by atoms with Crippen LogP contribution in [0.25, 0.3) is 0 Å². The molecule has 0 aromatic heterocycles. The number of hydrogen-bond acceptors (Lipinski definition) is 4. The maximum Gasteiger partial charge on any atom is 0.196 e. The van der Waals surface area contributed by atoms with Crippen LogP contribution in [-0.2, 0) is 6.54 Å². The molecule has 0 radical (unpaired) electrons. The topological polar surface area (TPSA) is 78.7 Å². The Morgan fingerprint density at radius 3 is 2.50 bits per heavy atom. The number of ether oxygens (including phenoxy) is 2. The molecule has 0 bridgehead atoms. The third-order valence-electron chi connectivity index (χ3n) is 3.57. The molecule has 0 aliphatic heterocycles. The molecule has 0 heterocycles. The van der Waals surface area contributed by atoms with Crippen LogP contribution in [0.4, 0.5) is 5.69 Å². The largest absolute Gasteiger partial charge is 0.493 e. The molecule has 2 aromatic carbocycles.